The van der Waals surface area contributed by atoms with Gasteiger partial charge in [0, 0.05) is 6.42 Å². The Morgan fingerprint density at radius 2 is 1.57 bits per heavy atom. The van der Waals surface area contributed by atoms with E-state index in [1.165, 1.54) is 6.92 Å². The fourth-order valence-electron chi connectivity index (χ4n) is 1.35. The van der Waals surface area contributed by atoms with Gasteiger partial charge in [-0.3, -0.25) is 24.0 Å². The van der Waals surface area contributed by atoms with Gasteiger partial charge in [-0.2, -0.15) is 0 Å². The van der Waals surface area contributed by atoms with Gasteiger partial charge in [0.25, 0.3) is 0 Å². The molecule has 3 amide bonds. The Morgan fingerprint density at radius 1 is 0.957 bits per heavy atom. The molecular weight excluding hydrogens is 312 g/mol. The highest BCUT2D eigenvalue weighted by atomic mass is 16.4. The second-order valence-corrected chi connectivity index (χ2v) is 4.66. The molecule has 0 aliphatic rings. The molecule has 130 valence electrons. The summed E-state index contributed by atoms with van der Waals surface area (Å²) >= 11 is 0. The van der Waals surface area contributed by atoms with E-state index in [2.05, 4.69) is 10.6 Å². The van der Waals surface area contributed by atoms with E-state index >= 15 is 0 Å². The molecule has 23 heavy (non-hydrogen) atoms. The molecule has 0 spiro atoms. The summed E-state index contributed by atoms with van der Waals surface area (Å²) in [7, 11) is 0. The molecular formula is C12H20N4O7. The Labute approximate surface area is 131 Å². The largest absolute Gasteiger partial charge is 0.481 e. The third-order valence-electron chi connectivity index (χ3n) is 2.62. The molecule has 0 bridgehead atoms. The monoisotopic (exact) mass is 332 g/mol. The molecule has 0 radical (unpaired) electrons. The van der Waals surface area contributed by atoms with E-state index in [4.69, 9.17) is 15.9 Å². The molecule has 7 N–H and O–H groups in total. The van der Waals surface area contributed by atoms with Crippen LogP contribution in [0.15, 0.2) is 0 Å². The Hall–Kier alpha value is -2.69. The highest BCUT2D eigenvalue weighted by molar-refractivity contribution is 5.92. The van der Waals surface area contributed by atoms with E-state index in [-0.39, 0.29) is 12.8 Å². The highest BCUT2D eigenvalue weighted by Gasteiger charge is 2.20. The van der Waals surface area contributed by atoms with Crippen LogP contribution in [0, 0.1) is 0 Å². The van der Waals surface area contributed by atoms with Crippen molar-refractivity contribution in [2.45, 2.75) is 31.8 Å². The lowest BCUT2D eigenvalue weighted by molar-refractivity contribution is -0.138. The van der Waals surface area contributed by atoms with Gasteiger partial charge in [0.05, 0.1) is 12.6 Å². The summed E-state index contributed by atoms with van der Waals surface area (Å²) in [6.45, 7) is 0.336. The van der Waals surface area contributed by atoms with Gasteiger partial charge in [0.2, 0.25) is 17.7 Å². The number of amides is 3. The van der Waals surface area contributed by atoms with E-state index in [9.17, 15) is 24.0 Å². The van der Waals surface area contributed by atoms with E-state index in [0.29, 0.717) is 0 Å². The maximum absolute atomic E-state index is 11.7. The second kappa shape index (κ2) is 10.1. The van der Waals surface area contributed by atoms with Crippen LogP contribution >= 0.6 is 0 Å². The minimum atomic E-state index is -1.22. The Balaban J connectivity index is 4.14. The van der Waals surface area contributed by atoms with Crippen LogP contribution in [0.2, 0.25) is 0 Å². The van der Waals surface area contributed by atoms with Crippen LogP contribution in [0.25, 0.3) is 0 Å². The van der Waals surface area contributed by atoms with Crippen molar-refractivity contribution in [2.75, 3.05) is 13.1 Å². The van der Waals surface area contributed by atoms with Crippen molar-refractivity contribution in [3.63, 3.8) is 0 Å². The fraction of sp³-hybridized carbons (Fsp3) is 0.583. The minimum Gasteiger partial charge on any atom is -0.481 e. The van der Waals surface area contributed by atoms with Crippen molar-refractivity contribution in [3.8, 4) is 0 Å². The molecule has 2 unspecified atom stereocenters. The molecule has 0 heterocycles. The molecule has 0 aromatic carbocycles. The van der Waals surface area contributed by atoms with Crippen molar-refractivity contribution in [1.29, 1.82) is 0 Å². The van der Waals surface area contributed by atoms with Crippen molar-refractivity contribution in [3.05, 3.63) is 0 Å². The smallest absolute Gasteiger partial charge is 0.322 e. The van der Waals surface area contributed by atoms with Crippen LogP contribution in [0.1, 0.15) is 19.8 Å². The summed E-state index contributed by atoms with van der Waals surface area (Å²) in [5, 5.41) is 23.4. The predicted molar refractivity (Wildman–Crippen MR) is 76.1 cm³/mol. The molecule has 0 saturated carbocycles. The number of carboxylic acid groups (broad SMARTS) is 2. The van der Waals surface area contributed by atoms with Gasteiger partial charge in [-0.15, -0.1) is 0 Å². The van der Waals surface area contributed by atoms with Gasteiger partial charge in [-0.05, 0) is 13.3 Å². The first-order chi connectivity index (χ1) is 10.6. The summed E-state index contributed by atoms with van der Waals surface area (Å²) in [6.07, 6.45) is -0.355. The molecule has 0 fully saturated rings. The number of hydrogen-bond acceptors (Lipinski definition) is 6. The lowest BCUT2D eigenvalue weighted by Gasteiger charge is -2.16. The second-order valence-electron chi connectivity index (χ2n) is 4.66. The maximum Gasteiger partial charge on any atom is 0.322 e. The van der Waals surface area contributed by atoms with Crippen molar-refractivity contribution >= 4 is 29.7 Å². The molecule has 11 heteroatoms. The molecule has 0 saturated heterocycles. The van der Waals surface area contributed by atoms with Gasteiger partial charge in [0.15, 0.2) is 0 Å². The third-order valence-corrected chi connectivity index (χ3v) is 2.62. The molecule has 11 nitrogen and oxygen atoms in total. The predicted octanol–water partition coefficient (Wildman–Crippen LogP) is -3.00. The first kappa shape index (κ1) is 20.3. The number of aliphatic carboxylic acids is 2. The van der Waals surface area contributed by atoms with Crippen LogP contribution in [0.4, 0.5) is 0 Å². The van der Waals surface area contributed by atoms with Gasteiger partial charge in [0.1, 0.15) is 12.6 Å². The first-order valence-corrected chi connectivity index (χ1v) is 6.67. The zero-order valence-electron chi connectivity index (χ0n) is 12.5. The fourth-order valence-corrected chi connectivity index (χ4v) is 1.35. The number of hydrogen-bond donors (Lipinski definition) is 6. The van der Waals surface area contributed by atoms with Gasteiger partial charge in [-0.25, -0.2) is 0 Å². The highest BCUT2D eigenvalue weighted by Crippen LogP contribution is 1.95. The Morgan fingerprint density at radius 3 is 2.09 bits per heavy atom. The van der Waals surface area contributed by atoms with Gasteiger partial charge in [-0.1, -0.05) is 0 Å². The average Bonchev–Trinajstić information content (AvgIpc) is 2.47. The number of carbonyl (C=O) groups excluding carboxylic acids is 3. The number of rotatable bonds is 10. The normalized spacial score (nSPS) is 12.6. The Kier molecular flexibility index (Phi) is 8.92. The minimum absolute atomic E-state index is 0.0763. The molecule has 0 aromatic rings. The van der Waals surface area contributed by atoms with Gasteiger partial charge < -0.3 is 31.9 Å². The van der Waals surface area contributed by atoms with Gasteiger partial charge >= 0.3 is 11.9 Å². The molecule has 0 rings (SSSR count). The zero-order chi connectivity index (χ0) is 18.0. The summed E-state index contributed by atoms with van der Waals surface area (Å²) in [5.74, 6) is -4.37. The third kappa shape index (κ3) is 9.79. The van der Waals surface area contributed by atoms with E-state index < -0.39 is 54.8 Å². The number of carbonyl (C=O) groups is 5. The zero-order valence-corrected chi connectivity index (χ0v) is 12.5. The average molecular weight is 332 g/mol. The van der Waals surface area contributed by atoms with Crippen LogP contribution in [0.3, 0.4) is 0 Å². The van der Waals surface area contributed by atoms with E-state index in [0.717, 1.165) is 0 Å². The summed E-state index contributed by atoms with van der Waals surface area (Å²) in [5.41, 5.74) is 5.48. The topological polar surface area (TPSA) is 188 Å². The SMILES string of the molecule is CC(NC(=O)C(N)CCC(=O)O)C(=O)NCC(=O)NCC(=O)O. The number of nitrogens with two attached hydrogens (primary N) is 1. The van der Waals surface area contributed by atoms with Crippen LogP contribution < -0.4 is 21.7 Å². The number of nitrogens with one attached hydrogen (secondary N) is 3. The van der Waals surface area contributed by atoms with Crippen LogP contribution in [0.5, 0.6) is 0 Å². The Bertz CT molecular complexity index is 480. The van der Waals surface area contributed by atoms with Crippen molar-refractivity contribution in [2.24, 2.45) is 5.73 Å². The number of carboxylic acids is 2. The van der Waals surface area contributed by atoms with Crippen molar-refractivity contribution in [1.82, 2.24) is 16.0 Å². The summed E-state index contributed by atoms with van der Waals surface area (Å²) < 4.78 is 0. The van der Waals surface area contributed by atoms with Crippen molar-refractivity contribution < 1.29 is 34.2 Å². The van der Waals surface area contributed by atoms with Crippen LogP contribution in [-0.2, 0) is 24.0 Å². The van der Waals surface area contributed by atoms with E-state index in [1.54, 1.807) is 0 Å². The molecule has 0 aliphatic heterocycles. The first-order valence-electron chi connectivity index (χ1n) is 6.67. The summed E-state index contributed by atoms with van der Waals surface area (Å²) in [4.78, 5) is 55.1. The molecule has 0 aliphatic carbocycles. The standard InChI is InChI=1S/C12H20N4O7/c1-6(16-12(23)7(13)2-3-9(18)19)11(22)15-4-8(17)14-5-10(20)21/h6-7H,2-5,13H2,1H3,(H,14,17)(H,15,22)(H,16,23)(H,18,19)(H,20,21). The lowest BCUT2D eigenvalue weighted by Crippen LogP contribution is -2.51. The lowest BCUT2D eigenvalue weighted by atomic mass is 10.1. The summed E-state index contributed by atoms with van der Waals surface area (Å²) in [6, 6.07) is -2.06. The van der Waals surface area contributed by atoms with E-state index in [1.807, 2.05) is 5.32 Å². The molecule has 2 atom stereocenters. The quantitative estimate of drug-likeness (QED) is 0.244. The molecule has 0 aromatic heterocycles. The van der Waals surface area contributed by atoms with Crippen LogP contribution in [-0.4, -0.2) is 65.0 Å². The maximum atomic E-state index is 11.7.